The molecule has 0 aromatic heterocycles. The number of carbonyl (C=O) groups excluding carboxylic acids is 1. The Kier molecular flexibility index (Phi) is 6.00. The molecule has 1 aromatic carbocycles. The van der Waals surface area contributed by atoms with Crippen molar-refractivity contribution in [2.24, 2.45) is 0 Å². The highest BCUT2D eigenvalue weighted by Crippen LogP contribution is 2.25. The lowest BCUT2D eigenvalue weighted by Crippen LogP contribution is -2.24. The number of aromatic hydroxyl groups is 2. The van der Waals surface area contributed by atoms with Gasteiger partial charge in [0.1, 0.15) is 17.1 Å². The lowest BCUT2D eigenvalue weighted by molar-refractivity contribution is 0.0947. The van der Waals surface area contributed by atoms with Gasteiger partial charge in [-0.15, -0.1) is 0 Å². The first-order chi connectivity index (χ1) is 8.66. The number of benzene rings is 1. The van der Waals surface area contributed by atoms with Crippen molar-refractivity contribution in [3.63, 3.8) is 0 Å². The van der Waals surface area contributed by atoms with E-state index in [0.717, 1.165) is 25.7 Å². The van der Waals surface area contributed by atoms with E-state index in [1.807, 2.05) is 0 Å². The van der Waals surface area contributed by atoms with Crippen LogP contribution in [0.1, 0.15) is 36.0 Å². The number of phenolic OH excluding ortho intramolecular Hbond substituents is 2. The van der Waals surface area contributed by atoms with E-state index in [1.165, 1.54) is 18.2 Å². The van der Waals surface area contributed by atoms with Crippen molar-refractivity contribution < 1.29 is 20.1 Å². The van der Waals surface area contributed by atoms with Crippen LogP contribution in [0, 0.1) is 0 Å². The van der Waals surface area contributed by atoms with Crippen molar-refractivity contribution in [1.29, 1.82) is 0 Å². The van der Waals surface area contributed by atoms with Crippen LogP contribution in [0.15, 0.2) is 18.2 Å². The Bertz CT molecular complexity index is 372. The van der Waals surface area contributed by atoms with Gasteiger partial charge in [0.15, 0.2) is 0 Å². The van der Waals surface area contributed by atoms with Gasteiger partial charge in [0.25, 0.3) is 5.91 Å². The summed E-state index contributed by atoms with van der Waals surface area (Å²) in [6.07, 6.45) is 3.43. The van der Waals surface area contributed by atoms with E-state index in [1.54, 1.807) is 0 Å². The second-order valence-electron chi connectivity index (χ2n) is 4.06. The standard InChI is InChI=1S/C13H19NO4/c15-9-4-2-1-3-8-14-13(18)12-10(16)6-5-7-11(12)17/h5-7,15-17H,1-4,8-9H2,(H,14,18). The van der Waals surface area contributed by atoms with Crippen LogP contribution in [0.5, 0.6) is 11.5 Å². The molecule has 0 saturated carbocycles. The molecule has 0 atom stereocenters. The molecule has 1 aromatic rings. The average molecular weight is 253 g/mol. The fourth-order valence-corrected chi connectivity index (χ4v) is 1.64. The zero-order valence-corrected chi connectivity index (χ0v) is 10.2. The Hall–Kier alpha value is -1.75. The quantitative estimate of drug-likeness (QED) is 0.553. The average Bonchev–Trinajstić information content (AvgIpc) is 2.33. The SMILES string of the molecule is O=C(NCCCCCCO)c1c(O)cccc1O. The highest BCUT2D eigenvalue weighted by atomic mass is 16.3. The minimum absolute atomic E-state index is 0.0899. The van der Waals surface area contributed by atoms with Crippen LogP contribution in [0.2, 0.25) is 0 Å². The first-order valence-corrected chi connectivity index (χ1v) is 6.07. The van der Waals surface area contributed by atoms with E-state index in [2.05, 4.69) is 5.32 Å². The maximum absolute atomic E-state index is 11.7. The summed E-state index contributed by atoms with van der Waals surface area (Å²) >= 11 is 0. The zero-order chi connectivity index (χ0) is 13.4. The molecule has 0 radical (unpaired) electrons. The van der Waals surface area contributed by atoms with Gasteiger partial charge in [-0.3, -0.25) is 4.79 Å². The van der Waals surface area contributed by atoms with Crippen LogP contribution in [0.3, 0.4) is 0 Å². The van der Waals surface area contributed by atoms with Gasteiger partial charge < -0.3 is 20.6 Å². The van der Waals surface area contributed by atoms with Crippen molar-refractivity contribution in [3.8, 4) is 11.5 Å². The number of aliphatic hydroxyl groups is 1. The predicted molar refractivity (Wildman–Crippen MR) is 67.7 cm³/mol. The summed E-state index contributed by atoms with van der Waals surface area (Å²) in [6.45, 7) is 0.677. The van der Waals surface area contributed by atoms with E-state index >= 15 is 0 Å². The Morgan fingerprint density at radius 3 is 2.28 bits per heavy atom. The van der Waals surface area contributed by atoms with Crippen molar-refractivity contribution in [1.82, 2.24) is 5.32 Å². The minimum Gasteiger partial charge on any atom is -0.507 e. The molecule has 5 nitrogen and oxygen atoms in total. The largest absolute Gasteiger partial charge is 0.507 e. The highest BCUT2D eigenvalue weighted by molar-refractivity contribution is 5.99. The number of phenols is 2. The minimum atomic E-state index is -0.479. The van der Waals surface area contributed by atoms with E-state index in [-0.39, 0.29) is 23.7 Å². The summed E-state index contributed by atoms with van der Waals surface area (Å²) < 4.78 is 0. The number of amides is 1. The molecular weight excluding hydrogens is 234 g/mol. The third kappa shape index (κ3) is 4.25. The van der Waals surface area contributed by atoms with Crippen molar-refractivity contribution in [2.45, 2.75) is 25.7 Å². The molecule has 1 amide bonds. The third-order valence-electron chi connectivity index (χ3n) is 2.62. The number of carbonyl (C=O) groups is 1. The van der Waals surface area contributed by atoms with Crippen LogP contribution >= 0.6 is 0 Å². The predicted octanol–water partition coefficient (Wildman–Crippen LogP) is 1.38. The molecular formula is C13H19NO4. The van der Waals surface area contributed by atoms with Gasteiger partial charge in [-0.1, -0.05) is 18.9 Å². The smallest absolute Gasteiger partial charge is 0.258 e. The van der Waals surface area contributed by atoms with Gasteiger partial charge in [0.2, 0.25) is 0 Å². The molecule has 18 heavy (non-hydrogen) atoms. The second kappa shape index (κ2) is 7.55. The van der Waals surface area contributed by atoms with E-state index < -0.39 is 5.91 Å². The summed E-state index contributed by atoms with van der Waals surface area (Å²) in [5, 5.41) is 30.2. The molecule has 0 aliphatic rings. The molecule has 0 aliphatic carbocycles. The Morgan fingerprint density at radius 1 is 1.06 bits per heavy atom. The lowest BCUT2D eigenvalue weighted by Gasteiger charge is -2.08. The fraction of sp³-hybridized carbons (Fsp3) is 0.462. The Morgan fingerprint density at radius 2 is 1.67 bits per heavy atom. The molecule has 100 valence electrons. The highest BCUT2D eigenvalue weighted by Gasteiger charge is 2.14. The van der Waals surface area contributed by atoms with Crippen molar-refractivity contribution >= 4 is 5.91 Å². The summed E-state index contributed by atoms with van der Waals surface area (Å²) in [5.74, 6) is -0.937. The van der Waals surface area contributed by atoms with Crippen LogP contribution < -0.4 is 5.32 Å². The van der Waals surface area contributed by atoms with Gasteiger partial charge in [-0.25, -0.2) is 0 Å². The maximum Gasteiger partial charge on any atom is 0.258 e. The zero-order valence-electron chi connectivity index (χ0n) is 10.2. The van der Waals surface area contributed by atoms with E-state index in [0.29, 0.717) is 6.54 Å². The number of nitrogens with one attached hydrogen (secondary N) is 1. The second-order valence-corrected chi connectivity index (χ2v) is 4.06. The monoisotopic (exact) mass is 253 g/mol. The molecule has 0 aliphatic heterocycles. The molecule has 4 N–H and O–H groups in total. The lowest BCUT2D eigenvalue weighted by atomic mass is 10.1. The molecule has 0 spiro atoms. The molecule has 0 saturated heterocycles. The maximum atomic E-state index is 11.7. The first kappa shape index (κ1) is 14.3. The van der Waals surface area contributed by atoms with Gasteiger partial charge in [-0.05, 0) is 25.0 Å². The molecule has 0 bridgehead atoms. The van der Waals surface area contributed by atoms with Crippen LogP contribution in [0.4, 0.5) is 0 Å². The first-order valence-electron chi connectivity index (χ1n) is 6.07. The fourth-order valence-electron chi connectivity index (χ4n) is 1.64. The van der Waals surface area contributed by atoms with Crippen LogP contribution in [-0.2, 0) is 0 Å². The summed E-state index contributed by atoms with van der Waals surface area (Å²) in [7, 11) is 0. The van der Waals surface area contributed by atoms with Crippen LogP contribution in [-0.4, -0.2) is 34.4 Å². The summed E-state index contributed by atoms with van der Waals surface area (Å²) in [5.41, 5.74) is -0.0899. The van der Waals surface area contributed by atoms with Gasteiger partial charge in [0.05, 0.1) is 0 Å². The Labute approximate surface area is 106 Å². The van der Waals surface area contributed by atoms with Crippen LogP contribution in [0.25, 0.3) is 0 Å². The molecule has 0 fully saturated rings. The number of hydrogen-bond acceptors (Lipinski definition) is 4. The van der Waals surface area contributed by atoms with Crippen molar-refractivity contribution in [3.05, 3.63) is 23.8 Å². The van der Waals surface area contributed by atoms with Gasteiger partial charge in [-0.2, -0.15) is 0 Å². The van der Waals surface area contributed by atoms with Crippen molar-refractivity contribution in [2.75, 3.05) is 13.2 Å². The molecule has 5 heteroatoms. The number of unbranched alkanes of at least 4 members (excludes halogenated alkanes) is 3. The molecule has 0 unspecified atom stereocenters. The molecule has 0 heterocycles. The van der Waals surface area contributed by atoms with E-state index in [9.17, 15) is 15.0 Å². The third-order valence-corrected chi connectivity index (χ3v) is 2.62. The van der Waals surface area contributed by atoms with Gasteiger partial charge >= 0.3 is 0 Å². The topological polar surface area (TPSA) is 89.8 Å². The number of hydrogen-bond donors (Lipinski definition) is 4. The Balaban J connectivity index is 2.37. The normalized spacial score (nSPS) is 10.3. The number of aliphatic hydroxyl groups excluding tert-OH is 1. The van der Waals surface area contributed by atoms with E-state index in [4.69, 9.17) is 5.11 Å². The summed E-state index contributed by atoms with van der Waals surface area (Å²) in [4.78, 5) is 11.7. The summed E-state index contributed by atoms with van der Waals surface area (Å²) in [6, 6.07) is 4.18. The number of rotatable bonds is 7. The molecule has 1 rings (SSSR count). The van der Waals surface area contributed by atoms with Gasteiger partial charge in [0, 0.05) is 13.2 Å².